The molecule has 21 heavy (non-hydrogen) atoms. The van der Waals surface area contributed by atoms with Crippen molar-refractivity contribution >= 4 is 9.84 Å². The molecule has 0 saturated heterocycles. The van der Waals surface area contributed by atoms with E-state index < -0.39 is 9.84 Å². The smallest absolute Gasteiger partial charge is 0.175 e. The third-order valence-corrected chi connectivity index (χ3v) is 5.28. The largest absolute Gasteiger partial charge is 0.347 e. The van der Waals surface area contributed by atoms with Crippen molar-refractivity contribution in [3.05, 3.63) is 53.3 Å². The fourth-order valence-electron chi connectivity index (χ4n) is 2.98. The lowest BCUT2D eigenvalue weighted by Gasteiger charge is -2.21. The summed E-state index contributed by atoms with van der Waals surface area (Å²) in [6.45, 7) is 0.756. The molecule has 0 aliphatic heterocycles. The number of hydrogen-bond donors (Lipinski definition) is 1. The molecular formula is C16H20N2O2S. The van der Waals surface area contributed by atoms with Crippen molar-refractivity contribution < 1.29 is 8.42 Å². The quantitative estimate of drug-likeness (QED) is 0.946. The summed E-state index contributed by atoms with van der Waals surface area (Å²) in [6.07, 6.45) is 6.56. The van der Waals surface area contributed by atoms with Crippen LogP contribution in [0.25, 0.3) is 0 Å². The number of rotatable bonds is 3. The molecule has 2 N–H and O–H groups in total. The van der Waals surface area contributed by atoms with Gasteiger partial charge >= 0.3 is 0 Å². The van der Waals surface area contributed by atoms with Gasteiger partial charge in [-0.1, -0.05) is 12.1 Å². The van der Waals surface area contributed by atoms with E-state index in [4.69, 9.17) is 5.73 Å². The van der Waals surface area contributed by atoms with Gasteiger partial charge in [-0.2, -0.15) is 0 Å². The Labute approximate surface area is 125 Å². The monoisotopic (exact) mass is 304 g/mol. The average Bonchev–Trinajstić information content (AvgIpc) is 2.83. The highest BCUT2D eigenvalue weighted by Crippen LogP contribution is 2.29. The molecular weight excluding hydrogens is 284 g/mol. The fraction of sp³-hybridized carbons (Fsp3) is 0.375. The molecule has 1 aliphatic carbocycles. The van der Waals surface area contributed by atoms with E-state index in [1.165, 1.54) is 17.5 Å². The minimum absolute atomic E-state index is 0.155. The number of hydrogen-bond acceptors (Lipinski definition) is 3. The van der Waals surface area contributed by atoms with Crippen molar-refractivity contribution in [3.63, 3.8) is 0 Å². The van der Waals surface area contributed by atoms with Crippen LogP contribution in [0.4, 0.5) is 0 Å². The summed E-state index contributed by atoms with van der Waals surface area (Å²) in [5, 5.41) is 0. The molecule has 5 heteroatoms. The fourth-order valence-corrected chi connectivity index (χ4v) is 3.61. The maximum absolute atomic E-state index is 11.5. The standard InChI is InChI=1S/C16H20N2O2S/c1-21(19,20)13-7-5-12(6-8-13)11-18-10-9-14-15(17)3-2-4-16(14)18/h5-10,15H,2-4,11,17H2,1H3. The Balaban J connectivity index is 1.85. The molecule has 1 aliphatic rings. The number of nitrogens with two attached hydrogens (primary N) is 1. The van der Waals surface area contributed by atoms with E-state index in [1.54, 1.807) is 12.1 Å². The first-order valence-electron chi connectivity index (χ1n) is 7.17. The summed E-state index contributed by atoms with van der Waals surface area (Å²) < 4.78 is 25.2. The van der Waals surface area contributed by atoms with E-state index in [0.717, 1.165) is 31.4 Å². The molecule has 0 bridgehead atoms. The summed E-state index contributed by atoms with van der Waals surface area (Å²) in [4.78, 5) is 0.364. The Bertz CT molecular complexity index is 745. The van der Waals surface area contributed by atoms with Crippen LogP contribution in [-0.2, 0) is 22.8 Å². The summed E-state index contributed by atoms with van der Waals surface area (Å²) in [7, 11) is -3.13. The van der Waals surface area contributed by atoms with Crippen LogP contribution in [0.5, 0.6) is 0 Å². The Morgan fingerprint density at radius 1 is 1.24 bits per heavy atom. The molecule has 0 fully saturated rings. The van der Waals surface area contributed by atoms with Crippen molar-refractivity contribution in [2.75, 3.05) is 6.26 Å². The average molecular weight is 304 g/mol. The zero-order valence-corrected chi connectivity index (χ0v) is 12.9. The van der Waals surface area contributed by atoms with Gasteiger partial charge < -0.3 is 10.3 Å². The number of sulfone groups is 1. The first-order chi connectivity index (χ1) is 9.95. The molecule has 1 atom stereocenters. The van der Waals surface area contributed by atoms with Crippen LogP contribution in [-0.4, -0.2) is 19.2 Å². The zero-order chi connectivity index (χ0) is 15.0. The molecule has 1 aromatic heterocycles. The lowest BCUT2D eigenvalue weighted by atomic mass is 9.93. The van der Waals surface area contributed by atoms with Gasteiger partial charge in [-0.15, -0.1) is 0 Å². The predicted molar refractivity (Wildman–Crippen MR) is 83.0 cm³/mol. The van der Waals surface area contributed by atoms with Gasteiger partial charge in [0.15, 0.2) is 9.84 Å². The minimum Gasteiger partial charge on any atom is -0.347 e. The van der Waals surface area contributed by atoms with Crippen LogP contribution in [0.15, 0.2) is 41.4 Å². The molecule has 0 radical (unpaired) electrons. The number of aromatic nitrogens is 1. The van der Waals surface area contributed by atoms with Gasteiger partial charge in [-0.25, -0.2) is 8.42 Å². The highest BCUT2D eigenvalue weighted by atomic mass is 32.2. The van der Waals surface area contributed by atoms with Gasteiger partial charge in [0.1, 0.15) is 0 Å². The normalized spacial score (nSPS) is 18.5. The van der Waals surface area contributed by atoms with Crippen LogP contribution in [0.3, 0.4) is 0 Å². The van der Waals surface area contributed by atoms with Gasteiger partial charge in [0, 0.05) is 30.7 Å². The maximum atomic E-state index is 11.5. The van der Waals surface area contributed by atoms with E-state index >= 15 is 0 Å². The first-order valence-corrected chi connectivity index (χ1v) is 9.07. The molecule has 0 spiro atoms. The maximum Gasteiger partial charge on any atom is 0.175 e. The second kappa shape index (κ2) is 5.31. The second-order valence-electron chi connectivity index (χ2n) is 5.76. The molecule has 1 unspecified atom stereocenters. The van der Waals surface area contributed by atoms with Crippen LogP contribution >= 0.6 is 0 Å². The molecule has 112 valence electrons. The summed E-state index contributed by atoms with van der Waals surface area (Å²) in [6, 6.07) is 9.38. The first kappa shape index (κ1) is 14.4. The van der Waals surface area contributed by atoms with Crippen LogP contribution < -0.4 is 5.73 Å². The molecule has 1 heterocycles. The highest BCUT2D eigenvalue weighted by Gasteiger charge is 2.20. The number of fused-ring (bicyclic) bond motifs is 1. The Morgan fingerprint density at radius 3 is 2.62 bits per heavy atom. The Hall–Kier alpha value is -1.59. The zero-order valence-electron chi connectivity index (χ0n) is 12.1. The molecule has 4 nitrogen and oxygen atoms in total. The van der Waals surface area contributed by atoms with E-state index in [2.05, 4.69) is 16.8 Å². The topological polar surface area (TPSA) is 65.1 Å². The Kier molecular flexibility index (Phi) is 3.63. The number of nitrogens with zero attached hydrogens (tertiary/aromatic N) is 1. The molecule has 1 aromatic carbocycles. The molecule has 3 rings (SSSR count). The second-order valence-corrected chi connectivity index (χ2v) is 7.78. The van der Waals surface area contributed by atoms with Gasteiger partial charge in [0.05, 0.1) is 4.90 Å². The van der Waals surface area contributed by atoms with Crippen molar-refractivity contribution in [2.45, 2.75) is 36.7 Å². The van der Waals surface area contributed by atoms with Crippen molar-refractivity contribution in [1.29, 1.82) is 0 Å². The number of benzene rings is 1. The SMILES string of the molecule is CS(=O)(=O)c1ccc(Cn2ccc3c2CCCC3N)cc1. The Morgan fingerprint density at radius 2 is 1.95 bits per heavy atom. The third kappa shape index (κ3) is 2.89. The van der Waals surface area contributed by atoms with Gasteiger partial charge in [-0.05, 0) is 48.6 Å². The van der Waals surface area contributed by atoms with E-state index in [1.807, 2.05) is 12.1 Å². The highest BCUT2D eigenvalue weighted by molar-refractivity contribution is 7.90. The summed E-state index contributed by atoms with van der Waals surface area (Å²) >= 11 is 0. The van der Waals surface area contributed by atoms with Gasteiger partial charge in [0.2, 0.25) is 0 Å². The predicted octanol–water partition coefficient (Wildman–Crippen LogP) is 2.28. The summed E-state index contributed by atoms with van der Waals surface area (Å²) in [5.41, 5.74) is 9.82. The lowest BCUT2D eigenvalue weighted by molar-refractivity contribution is 0.548. The molecule has 2 aromatic rings. The van der Waals surface area contributed by atoms with E-state index in [0.29, 0.717) is 4.90 Å². The third-order valence-electron chi connectivity index (χ3n) is 4.15. The van der Waals surface area contributed by atoms with E-state index in [-0.39, 0.29) is 6.04 Å². The molecule has 0 amide bonds. The van der Waals surface area contributed by atoms with Crippen molar-refractivity contribution in [1.82, 2.24) is 4.57 Å². The van der Waals surface area contributed by atoms with Crippen molar-refractivity contribution in [2.24, 2.45) is 5.73 Å². The molecule has 0 saturated carbocycles. The summed E-state index contributed by atoms with van der Waals surface area (Å²) in [5.74, 6) is 0. The minimum atomic E-state index is -3.13. The van der Waals surface area contributed by atoms with Gasteiger partial charge in [0.25, 0.3) is 0 Å². The lowest BCUT2D eigenvalue weighted by Crippen LogP contribution is -2.18. The van der Waals surface area contributed by atoms with Crippen molar-refractivity contribution in [3.8, 4) is 0 Å². The van der Waals surface area contributed by atoms with Crippen LogP contribution in [0.1, 0.15) is 35.7 Å². The van der Waals surface area contributed by atoms with E-state index in [9.17, 15) is 8.42 Å². The van der Waals surface area contributed by atoms with Crippen LogP contribution in [0.2, 0.25) is 0 Å². The van der Waals surface area contributed by atoms with Gasteiger partial charge in [-0.3, -0.25) is 0 Å². The van der Waals surface area contributed by atoms with Crippen LogP contribution in [0, 0.1) is 0 Å².